The van der Waals surface area contributed by atoms with E-state index in [4.69, 9.17) is 0 Å². The molecule has 0 aromatic heterocycles. The van der Waals surface area contributed by atoms with Crippen LogP contribution in [0.25, 0.3) is 21.5 Å². The van der Waals surface area contributed by atoms with E-state index in [0.717, 1.165) is 30.5 Å². The first-order chi connectivity index (χ1) is 20.3. The van der Waals surface area contributed by atoms with E-state index < -0.39 is 37.5 Å². The summed E-state index contributed by atoms with van der Waals surface area (Å²) < 4.78 is 28.5. The normalized spacial score (nSPS) is 12.2. The molecule has 2 unspecified atom stereocenters. The predicted molar refractivity (Wildman–Crippen MR) is 166 cm³/mol. The second-order valence-electron chi connectivity index (χ2n) is 8.99. The van der Waals surface area contributed by atoms with E-state index in [1.165, 1.54) is 24.3 Å². The van der Waals surface area contributed by atoms with Gasteiger partial charge in [0.1, 0.15) is 0 Å². The first-order valence-corrected chi connectivity index (χ1v) is 17.4. The molecule has 6 rings (SSSR count). The molecule has 0 amide bonds. The van der Waals surface area contributed by atoms with E-state index in [2.05, 4.69) is 0 Å². The van der Waals surface area contributed by atoms with Crippen molar-refractivity contribution < 1.29 is 17.5 Å². The zero-order valence-electron chi connectivity index (χ0n) is 21.9. The third kappa shape index (κ3) is 6.28. The van der Waals surface area contributed by atoms with Crippen LogP contribution in [-0.2, 0) is 7.67 Å². The summed E-state index contributed by atoms with van der Waals surface area (Å²) in [5, 5.41) is 25.4. The van der Waals surface area contributed by atoms with Gasteiger partial charge in [0.05, 0.1) is 0 Å². The van der Waals surface area contributed by atoms with Crippen LogP contribution in [-0.4, -0.2) is 37.5 Å². The molecule has 0 aliphatic carbocycles. The third-order valence-corrected chi connectivity index (χ3v) is 12.5. The van der Waals surface area contributed by atoms with Gasteiger partial charge in [-0.1, -0.05) is 0 Å². The number of hydrogen-bond donors (Lipinski definition) is 0. The van der Waals surface area contributed by atoms with Gasteiger partial charge in [-0.15, -0.1) is 0 Å². The number of benzene rings is 6. The Morgan fingerprint density at radius 2 is 0.762 bits per heavy atom. The summed E-state index contributed by atoms with van der Waals surface area (Å²) in [6, 6.07) is 38.9. The van der Waals surface area contributed by atoms with Crippen molar-refractivity contribution in [2.45, 2.75) is 0 Å². The van der Waals surface area contributed by atoms with Crippen molar-refractivity contribution in [2.75, 3.05) is 0 Å². The van der Waals surface area contributed by atoms with Crippen LogP contribution in [0.4, 0.5) is 11.4 Å². The average Bonchev–Trinajstić information content (AvgIpc) is 3.04. The number of nitro groups is 2. The Bertz CT molecular complexity index is 1820. The average molecular weight is 688 g/mol. The first kappa shape index (κ1) is 28.8. The molecule has 42 heavy (non-hydrogen) atoms. The minimum absolute atomic E-state index is 0.00969. The molecule has 2 atom stereocenters. The van der Waals surface area contributed by atoms with E-state index in [1.54, 1.807) is 24.3 Å². The number of rotatable bonds is 6. The molecule has 0 radical (unpaired) electrons. The topological polar surface area (TPSA) is 120 Å². The molecule has 10 heteroatoms. The molecule has 6 aromatic rings. The number of fused-ring (bicyclic) bond motifs is 2. The molecule has 0 saturated heterocycles. The minimum atomic E-state index is -2.44. The van der Waals surface area contributed by atoms with Gasteiger partial charge >= 0.3 is 250 Å². The molecule has 0 aliphatic heterocycles. The maximum atomic E-state index is 12.8. The Labute approximate surface area is 248 Å². The van der Waals surface area contributed by atoms with Gasteiger partial charge in [0.25, 0.3) is 0 Å². The van der Waals surface area contributed by atoms with Crippen LogP contribution in [0, 0.1) is 20.2 Å². The van der Waals surface area contributed by atoms with Crippen molar-refractivity contribution in [1.82, 2.24) is 0 Å². The second-order valence-corrected chi connectivity index (χ2v) is 15.1. The number of non-ortho nitro benzene ring substituents is 2. The fourth-order valence-electron chi connectivity index (χ4n) is 4.35. The van der Waals surface area contributed by atoms with Crippen molar-refractivity contribution >= 4 is 78.4 Å². The molecule has 208 valence electrons. The van der Waals surface area contributed by atoms with Crippen LogP contribution >= 0.6 is 0 Å². The summed E-state index contributed by atoms with van der Waals surface area (Å²) in [5.41, 5.74) is 0.0194. The van der Waals surface area contributed by atoms with E-state index >= 15 is 0 Å². The van der Waals surface area contributed by atoms with Crippen LogP contribution in [0.3, 0.4) is 0 Å². The summed E-state index contributed by atoms with van der Waals surface area (Å²) in [6.07, 6.45) is 0. The Kier molecular flexibility index (Phi) is 8.81. The van der Waals surface area contributed by atoms with Gasteiger partial charge < -0.3 is 0 Å². The van der Waals surface area contributed by atoms with E-state index in [-0.39, 0.29) is 11.4 Å². The molecule has 0 aliphatic rings. The maximum absolute atomic E-state index is 12.8. The van der Waals surface area contributed by atoms with Gasteiger partial charge in [-0.2, -0.15) is 0 Å². The third-order valence-electron chi connectivity index (χ3n) is 6.42. The first-order valence-electron chi connectivity index (χ1n) is 12.6. The molecule has 0 saturated carbocycles. The van der Waals surface area contributed by atoms with Crippen molar-refractivity contribution in [1.29, 1.82) is 0 Å². The molecule has 8 nitrogen and oxygen atoms in total. The molecule has 0 bridgehead atoms. The summed E-state index contributed by atoms with van der Waals surface area (Å²) in [5.74, 6) is 0. The van der Waals surface area contributed by atoms with E-state index in [1.807, 2.05) is 84.9 Å². The van der Waals surface area contributed by atoms with Crippen LogP contribution < -0.4 is 17.8 Å². The van der Waals surface area contributed by atoms with Crippen molar-refractivity contribution in [2.24, 2.45) is 0 Å². The van der Waals surface area contributed by atoms with Gasteiger partial charge in [0.2, 0.25) is 0 Å². The Morgan fingerprint density at radius 3 is 1.12 bits per heavy atom. The fraction of sp³-hybridized carbons (Fsp3) is 0. The molecule has 0 fully saturated rings. The number of nitrogens with zero attached hydrogens (tertiary/aromatic N) is 2. The van der Waals surface area contributed by atoms with Crippen LogP contribution in [0.1, 0.15) is 0 Å². The van der Waals surface area contributed by atoms with Crippen LogP contribution in [0.2, 0.25) is 0 Å². The van der Waals surface area contributed by atoms with Crippen molar-refractivity contribution in [3.8, 4) is 0 Å². The fourth-order valence-corrected chi connectivity index (χ4v) is 9.49. The molecule has 0 heterocycles. The van der Waals surface area contributed by atoms with Gasteiger partial charge in [-0.25, -0.2) is 0 Å². The molecule has 0 spiro atoms. The van der Waals surface area contributed by atoms with Crippen molar-refractivity contribution in [3.05, 3.63) is 154 Å². The van der Waals surface area contributed by atoms with Gasteiger partial charge in [0.15, 0.2) is 0 Å². The summed E-state index contributed by atoms with van der Waals surface area (Å²) >= 11 is -4.88. The van der Waals surface area contributed by atoms with Gasteiger partial charge in [0, 0.05) is 0 Å². The zero-order valence-corrected chi connectivity index (χ0v) is 25.3. The molecular weight excluding hydrogens is 666 g/mol. The standard InChI is InChI=1S/2C16H11NO3Se/c2*18-17(19)13-8-10-14(11-9-13)21(20)16-7-3-5-12-4-1-2-6-15(12)16/h2*1-11H. The Hall–Kier alpha value is -4.72. The Morgan fingerprint density at radius 1 is 0.429 bits per heavy atom. The number of hydrogen-bond acceptors (Lipinski definition) is 6. The molecule has 6 aromatic carbocycles. The van der Waals surface area contributed by atoms with Crippen molar-refractivity contribution in [3.63, 3.8) is 0 Å². The number of nitro benzene ring substituents is 2. The Balaban J connectivity index is 0.000000168. The SMILES string of the molecule is O=[N+]([O-])c1ccc([Se](=O)c2cccc3ccccc23)cc1.O=[N+]([O-])c1ccc([Se](=O)c2cccc3ccccc23)cc1. The molecular formula is C32H22N2O6Se2. The van der Waals surface area contributed by atoms with Crippen LogP contribution in [0.15, 0.2) is 133 Å². The second kappa shape index (κ2) is 12.8. The monoisotopic (exact) mass is 690 g/mol. The predicted octanol–water partition coefficient (Wildman–Crippen LogP) is 4.57. The van der Waals surface area contributed by atoms with Crippen LogP contribution in [0.5, 0.6) is 0 Å². The van der Waals surface area contributed by atoms with E-state index in [9.17, 15) is 27.9 Å². The molecule has 0 N–H and O–H groups in total. The van der Waals surface area contributed by atoms with Gasteiger partial charge in [-0.3, -0.25) is 0 Å². The van der Waals surface area contributed by atoms with E-state index in [0.29, 0.717) is 8.92 Å². The summed E-state index contributed by atoms with van der Waals surface area (Å²) in [6.45, 7) is 0. The van der Waals surface area contributed by atoms with Gasteiger partial charge in [-0.05, 0) is 0 Å². The zero-order chi connectivity index (χ0) is 29.6. The summed E-state index contributed by atoms with van der Waals surface area (Å²) in [4.78, 5) is 20.4. The summed E-state index contributed by atoms with van der Waals surface area (Å²) in [7, 11) is 0. The quantitative estimate of drug-likeness (QED) is 0.144.